The number of benzene rings is 2. The number of carbonyl (C=O) groups is 1. The van der Waals surface area contributed by atoms with E-state index in [9.17, 15) is 4.79 Å². The minimum absolute atomic E-state index is 0.00973. The Morgan fingerprint density at radius 2 is 1.88 bits per heavy atom. The molecular weight excluding hydrogens is 422 g/mol. The fourth-order valence-corrected chi connectivity index (χ4v) is 5.77. The summed E-state index contributed by atoms with van der Waals surface area (Å²) in [6.07, 6.45) is 0.721. The molecule has 8 heteroatoms. The molecule has 0 bridgehead atoms. The Hall–Kier alpha value is -2.84. The van der Waals surface area contributed by atoms with Crippen LogP contribution >= 0.6 is 11.8 Å². The number of aryl methyl sites for hydroxylation is 1. The largest absolute Gasteiger partial charge is 0.497 e. The molecule has 0 radical (unpaired) electrons. The maximum atomic E-state index is 13.4. The third kappa shape index (κ3) is 3.89. The van der Waals surface area contributed by atoms with Gasteiger partial charge in [-0.2, -0.15) is 4.68 Å². The first kappa shape index (κ1) is 21.0. The van der Waals surface area contributed by atoms with Crippen molar-refractivity contribution in [1.29, 1.82) is 0 Å². The number of para-hydroxylation sites is 1. The smallest absolute Gasteiger partial charge is 0.264 e. The monoisotopic (exact) mass is 449 g/mol. The molecule has 32 heavy (non-hydrogen) atoms. The van der Waals surface area contributed by atoms with Crippen molar-refractivity contribution in [2.75, 3.05) is 38.2 Å². The summed E-state index contributed by atoms with van der Waals surface area (Å²) in [4.78, 5) is 22.8. The van der Waals surface area contributed by atoms with Gasteiger partial charge in [0.2, 0.25) is 0 Å². The first-order valence-electron chi connectivity index (χ1n) is 11.0. The van der Waals surface area contributed by atoms with Gasteiger partial charge in [-0.25, -0.2) is 4.98 Å². The van der Waals surface area contributed by atoms with Crippen LogP contribution in [0.3, 0.4) is 0 Å². The Morgan fingerprint density at radius 1 is 1.09 bits per heavy atom. The van der Waals surface area contributed by atoms with Gasteiger partial charge < -0.3 is 9.64 Å². The molecule has 0 saturated carbocycles. The van der Waals surface area contributed by atoms with Crippen LogP contribution in [0.2, 0.25) is 0 Å². The van der Waals surface area contributed by atoms with E-state index in [4.69, 9.17) is 4.74 Å². The lowest BCUT2D eigenvalue weighted by atomic mass is 9.99. The van der Waals surface area contributed by atoms with Crippen molar-refractivity contribution < 1.29 is 9.53 Å². The number of fused-ring (bicyclic) bond motifs is 1. The van der Waals surface area contributed by atoms with E-state index in [2.05, 4.69) is 50.2 Å². The van der Waals surface area contributed by atoms with E-state index in [1.165, 1.54) is 22.1 Å². The lowest BCUT2D eigenvalue weighted by Crippen LogP contribution is -2.50. The summed E-state index contributed by atoms with van der Waals surface area (Å²) in [5, 5.41) is 4.85. The molecule has 1 saturated heterocycles. The van der Waals surface area contributed by atoms with E-state index in [1.54, 1.807) is 7.11 Å². The van der Waals surface area contributed by atoms with Gasteiger partial charge in [0.15, 0.2) is 11.0 Å². The van der Waals surface area contributed by atoms with Crippen LogP contribution in [0.1, 0.15) is 29.1 Å². The summed E-state index contributed by atoms with van der Waals surface area (Å²) in [5.74, 6) is 1.53. The normalized spacial score (nSPS) is 19.8. The predicted molar refractivity (Wildman–Crippen MR) is 126 cm³/mol. The molecule has 5 rings (SSSR count). The molecule has 3 aromatic rings. The zero-order valence-corrected chi connectivity index (χ0v) is 19.2. The Balaban J connectivity index is 1.42. The highest BCUT2D eigenvalue weighted by atomic mass is 32.2. The molecular formula is C24H27N5O2S. The number of aromatic nitrogens is 3. The maximum absolute atomic E-state index is 13.4. The molecule has 2 aromatic carbocycles. The van der Waals surface area contributed by atoms with Crippen molar-refractivity contribution in [3.63, 3.8) is 0 Å². The molecule has 1 fully saturated rings. The summed E-state index contributed by atoms with van der Waals surface area (Å²) < 4.78 is 6.99. The van der Waals surface area contributed by atoms with Crippen LogP contribution in [0.4, 0.5) is 5.69 Å². The number of thioether (sulfide) groups is 1. The molecule has 0 aliphatic carbocycles. The molecule has 1 aromatic heterocycles. The van der Waals surface area contributed by atoms with Crippen molar-refractivity contribution in [1.82, 2.24) is 19.7 Å². The van der Waals surface area contributed by atoms with Crippen molar-refractivity contribution in [3.05, 3.63) is 66.0 Å². The Kier molecular flexibility index (Phi) is 5.89. The van der Waals surface area contributed by atoms with Gasteiger partial charge in [0.05, 0.1) is 13.2 Å². The highest BCUT2D eigenvalue weighted by molar-refractivity contribution is 8.00. The Labute approximate surface area is 192 Å². The molecule has 0 spiro atoms. The molecule has 2 atom stereocenters. The third-order valence-corrected chi connectivity index (χ3v) is 7.36. The first-order chi connectivity index (χ1) is 15.7. The number of nitrogens with zero attached hydrogens (tertiary/aromatic N) is 5. The highest BCUT2D eigenvalue weighted by Crippen LogP contribution is 2.42. The number of piperazine rings is 1. The van der Waals surface area contributed by atoms with Gasteiger partial charge in [-0.1, -0.05) is 49.0 Å². The van der Waals surface area contributed by atoms with E-state index in [-0.39, 0.29) is 17.2 Å². The topological polar surface area (TPSA) is 63.5 Å². The van der Waals surface area contributed by atoms with Crippen molar-refractivity contribution in [3.8, 4) is 5.75 Å². The van der Waals surface area contributed by atoms with Gasteiger partial charge in [0.25, 0.3) is 5.91 Å². The molecule has 2 aliphatic rings. The van der Waals surface area contributed by atoms with Gasteiger partial charge in [-0.05, 0) is 29.8 Å². The lowest BCUT2D eigenvalue weighted by molar-refractivity contribution is 0.0829. The van der Waals surface area contributed by atoms with Crippen LogP contribution in [0.15, 0.2) is 59.8 Å². The van der Waals surface area contributed by atoms with Gasteiger partial charge >= 0.3 is 0 Å². The van der Waals surface area contributed by atoms with Crippen LogP contribution in [-0.4, -0.2) is 64.1 Å². The lowest BCUT2D eigenvalue weighted by Gasteiger charge is -2.41. The molecule has 0 amide bonds. The third-order valence-electron chi connectivity index (χ3n) is 6.17. The van der Waals surface area contributed by atoms with E-state index in [0.717, 1.165) is 43.9 Å². The van der Waals surface area contributed by atoms with E-state index in [1.807, 2.05) is 31.2 Å². The minimum Gasteiger partial charge on any atom is -0.497 e. The molecule has 7 nitrogen and oxygen atoms in total. The number of carbonyl (C=O) groups excluding carboxylic acids is 1. The van der Waals surface area contributed by atoms with E-state index in [0.29, 0.717) is 11.0 Å². The predicted octanol–water partition coefficient (Wildman–Crippen LogP) is 3.53. The van der Waals surface area contributed by atoms with Gasteiger partial charge in [-0.3, -0.25) is 9.69 Å². The Bertz CT molecular complexity index is 1090. The molecule has 166 valence electrons. The van der Waals surface area contributed by atoms with Gasteiger partial charge in [-0.15, -0.1) is 5.10 Å². The van der Waals surface area contributed by atoms with Crippen LogP contribution < -0.4 is 9.64 Å². The van der Waals surface area contributed by atoms with Crippen molar-refractivity contribution in [2.24, 2.45) is 0 Å². The molecule has 0 N–H and O–H groups in total. The summed E-state index contributed by atoms with van der Waals surface area (Å²) in [5.41, 5.74) is 2.33. The summed E-state index contributed by atoms with van der Waals surface area (Å²) in [6, 6.07) is 18.5. The second kappa shape index (κ2) is 8.96. The maximum Gasteiger partial charge on any atom is 0.264 e. The van der Waals surface area contributed by atoms with Gasteiger partial charge in [0.1, 0.15) is 11.0 Å². The minimum atomic E-state index is -0.286. The number of methoxy groups -OCH3 is 1. The number of hydrogen-bond acceptors (Lipinski definition) is 7. The van der Waals surface area contributed by atoms with Crippen LogP contribution in [0.25, 0.3) is 0 Å². The number of anilines is 1. The molecule has 2 aliphatic heterocycles. The number of ether oxygens (including phenoxy) is 1. The first-order valence-corrected chi connectivity index (χ1v) is 11.9. The fourth-order valence-electron chi connectivity index (χ4n) is 4.49. The summed E-state index contributed by atoms with van der Waals surface area (Å²) in [6.45, 7) is 5.58. The zero-order chi connectivity index (χ0) is 22.1. The zero-order valence-electron chi connectivity index (χ0n) is 18.3. The van der Waals surface area contributed by atoms with Crippen LogP contribution in [0.5, 0.6) is 5.75 Å². The van der Waals surface area contributed by atoms with E-state index < -0.39 is 0 Å². The second-order valence-corrected chi connectivity index (χ2v) is 9.14. The van der Waals surface area contributed by atoms with Gasteiger partial charge in [0, 0.05) is 38.3 Å². The fraction of sp³-hybridized carbons (Fsp3) is 0.375. The van der Waals surface area contributed by atoms with Crippen molar-refractivity contribution in [2.45, 2.75) is 29.8 Å². The molecule has 3 heterocycles. The quantitative estimate of drug-likeness (QED) is 0.570. The van der Waals surface area contributed by atoms with Crippen molar-refractivity contribution >= 4 is 23.4 Å². The second-order valence-electron chi connectivity index (χ2n) is 8.03. The number of rotatable bonds is 6. The Morgan fingerprint density at radius 3 is 2.56 bits per heavy atom. The molecule has 2 unspecified atom stereocenters. The summed E-state index contributed by atoms with van der Waals surface area (Å²) >= 11 is 1.53. The number of hydrogen-bond donors (Lipinski definition) is 0. The highest BCUT2D eigenvalue weighted by Gasteiger charge is 2.43. The van der Waals surface area contributed by atoms with E-state index >= 15 is 0 Å². The standard InChI is InChI=1S/C24H27N5O2S/c1-3-20-25-24-29(26-20)23(30)22(32-24)21(17-8-7-11-19(16-17)31-2)28-14-12-27(13-15-28)18-9-5-4-6-10-18/h4-11,16,21-22H,3,12-15H2,1-2H3. The van der Waals surface area contributed by atoms with Crippen LogP contribution in [-0.2, 0) is 6.42 Å². The van der Waals surface area contributed by atoms with Crippen LogP contribution in [0, 0.1) is 0 Å². The SMILES string of the molecule is CCc1nc2n(n1)C(=O)C(C(c1cccc(OC)c1)N1CCN(c3ccccc3)CC1)S2. The summed E-state index contributed by atoms with van der Waals surface area (Å²) in [7, 11) is 1.67. The average Bonchev–Trinajstić information content (AvgIpc) is 3.39. The average molecular weight is 450 g/mol.